The Labute approximate surface area is 501 Å². The van der Waals surface area contributed by atoms with Gasteiger partial charge in [-0.1, -0.05) is 23.5 Å². The molecule has 86 heavy (non-hydrogen) atoms. The number of thiazole rings is 1. The third-order valence-electron chi connectivity index (χ3n) is 12.8. The Hall–Kier alpha value is -9.01. The van der Waals surface area contributed by atoms with E-state index in [0.29, 0.717) is 64.5 Å². The summed E-state index contributed by atoms with van der Waals surface area (Å²) in [6.45, 7) is 18.4. The van der Waals surface area contributed by atoms with Gasteiger partial charge in [0, 0.05) is 102 Å². The van der Waals surface area contributed by atoms with E-state index in [1.807, 2.05) is 0 Å². The molecular formula is C59H76N10O16S+2. The topological polar surface area (TPSA) is 337 Å². The Bertz CT molecular complexity index is 3120. The number of ether oxygens (including phenoxy) is 5. The van der Waals surface area contributed by atoms with Crippen molar-refractivity contribution in [2.75, 3.05) is 0 Å². The molecule has 5 amide bonds. The molecule has 0 bridgehead atoms. The number of carbonyl (C=O) groups excluding carboxylic acids is 10. The number of aldehydes is 5. The quantitative estimate of drug-likeness (QED) is 0.0169. The van der Waals surface area contributed by atoms with E-state index in [9.17, 15) is 47.9 Å². The zero-order valence-corrected chi connectivity index (χ0v) is 50.8. The predicted octanol–water partition coefficient (Wildman–Crippen LogP) is 7.51. The first-order valence-electron chi connectivity index (χ1n) is 27.4. The summed E-state index contributed by atoms with van der Waals surface area (Å²) in [4.78, 5) is 137. The number of carbonyl (C=O) groups is 10. The minimum absolute atomic E-state index is 0.0526. The van der Waals surface area contributed by atoms with Gasteiger partial charge in [-0.2, -0.15) is 9.13 Å². The predicted molar refractivity (Wildman–Crippen MR) is 305 cm³/mol. The summed E-state index contributed by atoms with van der Waals surface area (Å²) in [5.41, 5.74) is -1.44. The van der Waals surface area contributed by atoms with Crippen molar-refractivity contribution in [2.45, 2.75) is 180 Å². The standard InChI is InChI=1S/C59H74N10O16S/c1-55(2,3)81-50(75)65-45(21-28-72)44-14-12-13-41(62-44)32-57(6,7)83-52(77)64-43(20-27-71)39-15-16-40(61-33-39)31-56(4,5)82-51(76)63-42(19-26-70)38-17-24-68(25-18-38)58(8,9)84-54(79)67-47(23-30-74)49-35-69(37-86-49)59(10,11)85-53(78)66-46(22-29-73)48-34-60-36-80-48/h12-18,24-30,33-37,42-43,45-47H,19-23,31-32H2,1-11H3,(H3-2,63,64,65,66,67,75,76,77,78,79)/p+2. The summed E-state index contributed by atoms with van der Waals surface area (Å²) in [5.74, 6) is 0.268. The number of hydrogen-bond acceptors (Lipinski definition) is 20. The summed E-state index contributed by atoms with van der Waals surface area (Å²) in [5, 5.41) is 13.5. The molecule has 0 fully saturated rings. The molecule has 0 saturated heterocycles. The van der Waals surface area contributed by atoms with Gasteiger partial charge in [-0.25, -0.2) is 29.0 Å². The van der Waals surface area contributed by atoms with Crippen LogP contribution in [0.4, 0.5) is 24.0 Å². The van der Waals surface area contributed by atoms with Gasteiger partial charge in [0.05, 0.1) is 47.0 Å². The lowest BCUT2D eigenvalue weighted by molar-refractivity contribution is -0.795. The van der Waals surface area contributed by atoms with Crippen molar-refractivity contribution >= 4 is 73.2 Å². The van der Waals surface area contributed by atoms with E-state index >= 15 is 0 Å². The van der Waals surface area contributed by atoms with Crippen LogP contribution in [-0.4, -0.2) is 93.7 Å². The van der Waals surface area contributed by atoms with E-state index in [1.165, 1.54) is 30.1 Å². The molecule has 0 aliphatic heterocycles. The highest BCUT2D eigenvalue weighted by atomic mass is 32.1. The molecule has 27 heteroatoms. The number of alkyl carbamates (subject to hydrolysis) is 5. The Balaban J connectivity index is 1.13. The molecule has 5 aromatic rings. The average molecular weight is 1210 g/mol. The van der Waals surface area contributed by atoms with Crippen molar-refractivity contribution in [2.24, 2.45) is 0 Å². The maximum Gasteiger partial charge on any atom is 0.412 e. The van der Waals surface area contributed by atoms with E-state index in [4.69, 9.17) is 28.1 Å². The van der Waals surface area contributed by atoms with Crippen molar-refractivity contribution in [3.8, 4) is 0 Å². The zero-order chi connectivity index (χ0) is 63.5. The molecule has 5 unspecified atom stereocenters. The SMILES string of the molecule is CC(C)(C)OC(=O)NC(CC=O)c1cccc(CC(C)(C)OC(=O)NC(CC=O)c2ccc(CC(C)(C)OC(=O)NC(CC=O)c3cc[n+](C(C)(C)OC(=O)NC(CC=O)c4c[n+](C(C)(C)OC(=O)NC(CC=O)c5cnco5)cs4)cc3)nc2)n1. The number of amides is 5. The van der Waals surface area contributed by atoms with Crippen LogP contribution in [0.3, 0.4) is 0 Å². The Kier molecular flexibility index (Phi) is 23.8. The summed E-state index contributed by atoms with van der Waals surface area (Å²) >= 11 is 1.20. The number of oxazole rings is 1. The van der Waals surface area contributed by atoms with Crippen LogP contribution in [0.25, 0.3) is 0 Å². The summed E-state index contributed by atoms with van der Waals surface area (Å²) in [7, 11) is 0. The molecule has 26 nitrogen and oxygen atoms in total. The van der Waals surface area contributed by atoms with Crippen LogP contribution in [0, 0.1) is 0 Å². The number of hydrogen-bond donors (Lipinski definition) is 5. The van der Waals surface area contributed by atoms with Gasteiger partial charge in [0.1, 0.15) is 54.0 Å². The van der Waals surface area contributed by atoms with Crippen molar-refractivity contribution in [3.05, 3.63) is 124 Å². The van der Waals surface area contributed by atoms with E-state index < -0.39 is 88.9 Å². The molecule has 5 N–H and O–H groups in total. The van der Waals surface area contributed by atoms with Gasteiger partial charge in [-0.3, -0.25) is 9.97 Å². The van der Waals surface area contributed by atoms with Crippen molar-refractivity contribution in [1.29, 1.82) is 0 Å². The molecule has 5 rings (SSSR count). The molecule has 462 valence electrons. The molecular weight excluding hydrogens is 1140 g/mol. The fourth-order valence-corrected chi connectivity index (χ4v) is 9.70. The van der Waals surface area contributed by atoms with Gasteiger partial charge in [-0.05, 0) is 77.8 Å². The van der Waals surface area contributed by atoms with Gasteiger partial charge < -0.3 is 78.7 Å². The largest absolute Gasteiger partial charge is 0.446 e. The Morgan fingerprint density at radius 1 is 0.535 bits per heavy atom. The zero-order valence-electron chi connectivity index (χ0n) is 50.0. The number of pyridine rings is 3. The maximum absolute atomic E-state index is 13.4. The minimum atomic E-state index is -1.30. The molecule has 0 aliphatic rings. The van der Waals surface area contributed by atoms with E-state index in [0.717, 1.165) is 0 Å². The highest BCUT2D eigenvalue weighted by Gasteiger charge is 2.38. The molecule has 0 saturated carbocycles. The molecule has 0 spiro atoms. The molecule has 0 radical (unpaired) electrons. The van der Waals surface area contributed by atoms with Crippen LogP contribution in [0.2, 0.25) is 0 Å². The maximum atomic E-state index is 13.4. The number of rotatable bonds is 30. The van der Waals surface area contributed by atoms with Crippen LogP contribution in [0.5, 0.6) is 0 Å². The van der Waals surface area contributed by atoms with E-state index in [-0.39, 0.29) is 50.7 Å². The highest BCUT2D eigenvalue weighted by molar-refractivity contribution is 7.09. The van der Waals surface area contributed by atoms with Gasteiger partial charge in [0.2, 0.25) is 5.51 Å². The third kappa shape index (κ3) is 21.3. The number of aromatic nitrogens is 5. The van der Waals surface area contributed by atoms with Crippen LogP contribution in [0.15, 0.2) is 89.8 Å². The summed E-state index contributed by atoms with van der Waals surface area (Å²) in [6, 6.07) is 7.71. The second kappa shape index (κ2) is 30.2. The summed E-state index contributed by atoms with van der Waals surface area (Å²) < 4.78 is 36.9. The first-order chi connectivity index (χ1) is 40.5. The number of nitrogens with one attached hydrogen (secondary N) is 5. The molecule has 5 heterocycles. The van der Waals surface area contributed by atoms with Crippen molar-refractivity contribution in [3.63, 3.8) is 0 Å². The monoisotopic (exact) mass is 1210 g/mol. The molecule has 0 aliphatic carbocycles. The Morgan fingerprint density at radius 2 is 1.01 bits per heavy atom. The molecule has 0 aromatic carbocycles. The van der Waals surface area contributed by atoms with E-state index in [2.05, 4.69) is 41.5 Å². The highest BCUT2D eigenvalue weighted by Crippen LogP contribution is 2.27. The van der Waals surface area contributed by atoms with Gasteiger partial charge in [0.25, 0.3) is 0 Å². The fourth-order valence-electron chi connectivity index (χ4n) is 8.66. The second-order valence-electron chi connectivity index (χ2n) is 23.1. The smallest absolute Gasteiger partial charge is 0.412 e. The van der Waals surface area contributed by atoms with Gasteiger partial charge >= 0.3 is 41.9 Å². The lowest BCUT2D eigenvalue weighted by Gasteiger charge is -2.27. The van der Waals surface area contributed by atoms with Crippen molar-refractivity contribution < 1.29 is 85.2 Å². The van der Waals surface area contributed by atoms with Gasteiger partial charge in [0.15, 0.2) is 25.0 Å². The van der Waals surface area contributed by atoms with E-state index in [1.54, 1.807) is 152 Å². The van der Waals surface area contributed by atoms with Crippen LogP contribution < -0.4 is 35.7 Å². The number of nitrogens with zero attached hydrogens (tertiary/aromatic N) is 5. The fraction of sp³-hybridized carbons (Fsp3) is 0.475. The lowest BCUT2D eigenvalue weighted by atomic mass is 10.00. The average Bonchev–Trinajstić information content (AvgIpc) is 3.85. The van der Waals surface area contributed by atoms with Crippen LogP contribution in [0.1, 0.15) is 177 Å². The third-order valence-corrected chi connectivity index (χ3v) is 13.8. The lowest BCUT2D eigenvalue weighted by Crippen LogP contribution is -2.56. The second-order valence-corrected chi connectivity index (χ2v) is 24.0. The Morgan fingerprint density at radius 3 is 1.55 bits per heavy atom. The van der Waals surface area contributed by atoms with Crippen molar-refractivity contribution in [1.82, 2.24) is 41.5 Å². The van der Waals surface area contributed by atoms with Crippen LogP contribution >= 0.6 is 11.3 Å². The first-order valence-corrected chi connectivity index (χ1v) is 28.3. The molecule has 5 aromatic heterocycles. The normalized spacial score (nSPS) is 13.6. The first kappa shape index (κ1) is 67.8. The minimum Gasteiger partial charge on any atom is -0.446 e. The van der Waals surface area contributed by atoms with Crippen LogP contribution in [-0.2, 0) is 71.9 Å². The van der Waals surface area contributed by atoms with Gasteiger partial charge in [-0.15, -0.1) is 0 Å². The molecule has 5 atom stereocenters. The summed E-state index contributed by atoms with van der Waals surface area (Å²) in [6.07, 6.45) is 7.92.